The smallest absolute Gasteiger partial charge is 0.468 e. The second-order valence-corrected chi connectivity index (χ2v) is 11.5. The normalized spacial score (nSPS) is 13.9. The molecule has 0 spiro atoms. The van der Waals surface area contributed by atoms with E-state index in [1.165, 1.54) is 19.2 Å². The summed E-state index contributed by atoms with van der Waals surface area (Å²) in [6.45, 7) is 14.7. The van der Waals surface area contributed by atoms with Gasteiger partial charge in [-0.15, -0.1) is 0 Å². The first-order chi connectivity index (χ1) is 18.5. The van der Waals surface area contributed by atoms with E-state index in [4.69, 9.17) is 29.4 Å². The summed E-state index contributed by atoms with van der Waals surface area (Å²) in [5.74, 6) is -1.40. The zero-order chi connectivity index (χ0) is 30.7. The average Bonchev–Trinajstić information content (AvgIpc) is 2.92. The molecule has 0 aliphatic heterocycles. The number of carbonyl (C=O) groups is 4. The highest BCUT2D eigenvalue weighted by atomic mass is 16.7. The second-order valence-electron chi connectivity index (χ2n) is 11.5. The minimum Gasteiger partial charge on any atom is -0.468 e. The fourth-order valence-electron chi connectivity index (χ4n) is 3.11. The monoisotopic (exact) mass is 565 g/mol. The molecular weight excluding hydrogens is 518 g/mol. The Morgan fingerprint density at radius 2 is 1.40 bits per heavy atom. The van der Waals surface area contributed by atoms with Crippen LogP contribution in [0, 0.1) is 16.7 Å². The van der Waals surface area contributed by atoms with Gasteiger partial charge in [-0.3, -0.25) is 14.4 Å². The van der Waals surface area contributed by atoms with Gasteiger partial charge >= 0.3 is 24.1 Å². The van der Waals surface area contributed by atoms with Crippen LogP contribution in [-0.4, -0.2) is 49.9 Å². The van der Waals surface area contributed by atoms with Crippen molar-refractivity contribution in [3.05, 3.63) is 23.8 Å². The van der Waals surface area contributed by atoms with Crippen molar-refractivity contribution < 1.29 is 42.9 Å². The van der Waals surface area contributed by atoms with Gasteiger partial charge in [-0.25, -0.2) is 4.79 Å². The molecule has 226 valence electrons. The molecule has 0 heterocycles. The van der Waals surface area contributed by atoms with Crippen LogP contribution in [0.2, 0.25) is 0 Å². The summed E-state index contributed by atoms with van der Waals surface area (Å²) in [6, 6.07) is 4.63. The molecule has 0 fully saturated rings. The molecule has 0 saturated heterocycles. The van der Waals surface area contributed by atoms with E-state index in [1.807, 2.05) is 27.7 Å². The van der Waals surface area contributed by atoms with Crippen molar-refractivity contribution in [3.8, 4) is 11.5 Å². The van der Waals surface area contributed by atoms with Gasteiger partial charge in [0.25, 0.3) is 0 Å². The maximum Gasteiger partial charge on any atom is 0.508 e. The first kappa shape index (κ1) is 34.9. The van der Waals surface area contributed by atoms with E-state index in [0.717, 1.165) is 6.42 Å². The third kappa shape index (κ3) is 10.1. The van der Waals surface area contributed by atoms with Crippen LogP contribution in [0.3, 0.4) is 0 Å². The van der Waals surface area contributed by atoms with Gasteiger partial charge in [0.2, 0.25) is 0 Å². The Kier molecular flexibility index (Phi) is 13.1. The van der Waals surface area contributed by atoms with Crippen molar-refractivity contribution in [2.75, 3.05) is 20.3 Å². The Morgan fingerprint density at radius 3 is 1.90 bits per heavy atom. The molecule has 0 aromatic heterocycles. The Bertz CT molecular complexity index is 1030. The lowest BCUT2D eigenvalue weighted by Crippen LogP contribution is -2.51. The third-order valence-corrected chi connectivity index (χ3v) is 7.35. The van der Waals surface area contributed by atoms with Crippen LogP contribution in [0.1, 0.15) is 86.6 Å². The van der Waals surface area contributed by atoms with Crippen LogP contribution >= 0.6 is 0 Å². The van der Waals surface area contributed by atoms with Crippen LogP contribution in [0.4, 0.5) is 4.79 Å². The standard InChI is InChI=1S/C30H47NO9/c1-10-20(4)19-38-27(35)37-16-15-30(31,26(34)36-9)18-21-13-14-22(39-24(32)28(5,6)11-2)23(17-21)40-25(33)29(7,8)12-3/h13-14,17,20H,10-12,15-16,18-19,31H2,1-9H3/t20-,30?/m0/s1. The number of hydrogen-bond acceptors (Lipinski definition) is 10. The van der Waals surface area contributed by atoms with E-state index in [9.17, 15) is 19.2 Å². The Hall–Kier alpha value is -3.14. The third-order valence-electron chi connectivity index (χ3n) is 7.35. The van der Waals surface area contributed by atoms with E-state index >= 15 is 0 Å². The summed E-state index contributed by atoms with van der Waals surface area (Å²) in [5, 5.41) is 0. The summed E-state index contributed by atoms with van der Waals surface area (Å²) < 4.78 is 26.5. The van der Waals surface area contributed by atoms with Gasteiger partial charge < -0.3 is 29.4 Å². The largest absolute Gasteiger partial charge is 0.508 e. The van der Waals surface area contributed by atoms with Crippen molar-refractivity contribution in [3.63, 3.8) is 0 Å². The predicted molar refractivity (Wildman–Crippen MR) is 150 cm³/mol. The van der Waals surface area contributed by atoms with Crippen molar-refractivity contribution in [2.24, 2.45) is 22.5 Å². The SMILES string of the molecule is CC[C@H](C)COC(=O)OCCC(N)(Cc1ccc(OC(=O)C(C)(C)CC)c(OC(=O)C(C)(C)CC)c1)C(=O)OC. The topological polar surface area (TPSA) is 140 Å². The number of benzene rings is 1. The molecule has 0 aliphatic rings. The van der Waals surface area contributed by atoms with E-state index in [0.29, 0.717) is 18.4 Å². The van der Waals surface area contributed by atoms with Gasteiger partial charge in [-0.05, 0) is 64.2 Å². The molecule has 10 heteroatoms. The molecular formula is C30H47NO9. The molecule has 1 aromatic rings. The minimum absolute atomic E-state index is 0.0290. The van der Waals surface area contributed by atoms with Crippen LogP contribution in [0.5, 0.6) is 11.5 Å². The lowest BCUT2D eigenvalue weighted by molar-refractivity contribution is -0.148. The molecule has 0 bridgehead atoms. The number of esters is 3. The van der Waals surface area contributed by atoms with Gasteiger partial charge in [0, 0.05) is 12.8 Å². The minimum atomic E-state index is -1.57. The maximum atomic E-state index is 12.9. The molecule has 2 N–H and O–H groups in total. The molecule has 40 heavy (non-hydrogen) atoms. The van der Waals surface area contributed by atoms with Crippen molar-refractivity contribution in [1.29, 1.82) is 0 Å². The summed E-state index contributed by atoms with van der Waals surface area (Å²) in [6.07, 6.45) is 0.977. The molecule has 1 aromatic carbocycles. The highest BCUT2D eigenvalue weighted by Gasteiger charge is 2.37. The summed E-state index contributed by atoms with van der Waals surface area (Å²) >= 11 is 0. The van der Waals surface area contributed by atoms with Crippen LogP contribution in [0.15, 0.2) is 18.2 Å². The van der Waals surface area contributed by atoms with Crippen molar-refractivity contribution >= 4 is 24.1 Å². The number of nitrogens with two attached hydrogens (primary N) is 1. The second kappa shape index (κ2) is 15.0. The van der Waals surface area contributed by atoms with Crippen LogP contribution in [0.25, 0.3) is 0 Å². The zero-order valence-electron chi connectivity index (χ0n) is 25.5. The van der Waals surface area contributed by atoms with E-state index in [2.05, 4.69) is 0 Å². The lowest BCUT2D eigenvalue weighted by Gasteiger charge is -2.27. The first-order valence-electron chi connectivity index (χ1n) is 13.8. The first-order valence-corrected chi connectivity index (χ1v) is 13.8. The molecule has 1 rings (SSSR count). The van der Waals surface area contributed by atoms with Gasteiger partial charge in [0.1, 0.15) is 5.54 Å². The number of ether oxygens (including phenoxy) is 5. The lowest BCUT2D eigenvalue weighted by atomic mass is 9.88. The van der Waals surface area contributed by atoms with Gasteiger partial charge in [0.15, 0.2) is 11.5 Å². The molecule has 2 atom stereocenters. The fourth-order valence-corrected chi connectivity index (χ4v) is 3.11. The fraction of sp³-hybridized carbons (Fsp3) is 0.667. The maximum absolute atomic E-state index is 12.9. The average molecular weight is 566 g/mol. The molecule has 0 saturated carbocycles. The van der Waals surface area contributed by atoms with E-state index < -0.39 is 40.4 Å². The number of carbonyl (C=O) groups excluding carboxylic acids is 4. The summed E-state index contributed by atoms with van der Waals surface area (Å²) in [7, 11) is 1.21. The molecule has 0 radical (unpaired) electrons. The predicted octanol–water partition coefficient (Wildman–Crippen LogP) is 5.37. The quantitative estimate of drug-likeness (QED) is 0.218. The van der Waals surface area contributed by atoms with Gasteiger partial charge in [-0.1, -0.05) is 40.2 Å². The molecule has 10 nitrogen and oxygen atoms in total. The highest BCUT2D eigenvalue weighted by molar-refractivity contribution is 5.82. The Morgan fingerprint density at radius 1 is 0.850 bits per heavy atom. The Labute approximate surface area is 238 Å². The van der Waals surface area contributed by atoms with Crippen LogP contribution < -0.4 is 15.2 Å². The zero-order valence-corrected chi connectivity index (χ0v) is 25.5. The number of rotatable bonds is 15. The highest BCUT2D eigenvalue weighted by Crippen LogP contribution is 2.35. The number of methoxy groups -OCH3 is 1. The molecule has 0 amide bonds. The Balaban J connectivity index is 3.23. The molecule has 0 aliphatic carbocycles. The van der Waals surface area contributed by atoms with Crippen molar-refractivity contribution in [2.45, 2.75) is 93.0 Å². The summed E-state index contributed by atoms with van der Waals surface area (Å²) in [4.78, 5) is 50.3. The van der Waals surface area contributed by atoms with E-state index in [-0.39, 0.29) is 43.5 Å². The van der Waals surface area contributed by atoms with Crippen LogP contribution in [-0.2, 0) is 35.0 Å². The summed E-state index contributed by atoms with van der Waals surface area (Å²) in [5.41, 5.74) is 3.85. The van der Waals surface area contributed by atoms with E-state index in [1.54, 1.807) is 33.8 Å². The number of hydrogen-bond donors (Lipinski definition) is 1. The van der Waals surface area contributed by atoms with Gasteiger partial charge in [-0.2, -0.15) is 0 Å². The van der Waals surface area contributed by atoms with Crippen molar-refractivity contribution in [1.82, 2.24) is 0 Å². The van der Waals surface area contributed by atoms with Gasteiger partial charge in [0.05, 0.1) is 31.2 Å². The molecule has 1 unspecified atom stereocenters.